The van der Waals surface area contributed by atoms with E-state index in [1.807, 2.05) is 32.9 Å². The number of rotatable bonds is 8. The molecule has 30 heavy (non-hydrogen) atoms. The Morgan fingerprint density at radius 2 is 1.77 bits per heavy atom. The Morgan fingerprint density at radius 1 is 1.13 bits per heavy atom. The maximum atomic E-state index is 14.2. The smallest absolute Gasteiger partial charge is 0.242 e. The zero-order valence-corrected chi connectivity index (χ0v) is 19.3. The number of hydrogen-bond acceptors (Lipinski definition) is 3. The van der Waals surface area contributed by atoms with E-state index in [9.17, 15) is 14.0 Å². The first-order valence-electron chi connectivity index (χ1n) is 9.80. The molecule has 0 saturated carbocycles. The minimum Gasteiger partial charge on any atom is -0.350 e. The molecule has 7 heteroatoms. The summed E-state index contributed by atoms with van der Waals surface area (Å²) in [5, 5.41) is 3.56. The number of nitrogens with one attached hydrogen (secondary N) is 1. The monoisotopic (exact) mass is 450 g/mol. The molecular weight excluding hydrogens is 423 g/mol. The van der Waals surface area contributed by atoms with Crippen molar-refractivity contribution in [3.8, 4) is 0 Å². The molecule has 162 valence electrons. The zero-order chi connectivity index (χ0) is 22.3. The van der Waals surface area contributed by atoms with Gasteiger partial charge in [0.2, 0.25) is 11.8 Å². The Hall–Kier alpha value is -2.05. The van der Waals surface area contributed by atoms with Crippen LogP contribution >= 0.6 is 23.4 Å². The third kappa shape index (κ3) is 7.65. The lowest BCUT2D eigenvalue weighted by atomic mass is 10.1. The van der Waals surface area contributed by atoms with Crippen LogP contribution in [0, 0.1) is 5.82 Å². The molecular formula is C23H28ClFN2O2S. The predicted octanol–water partition coefficient (Wildman–Crippen LogP) is 5.29. The Labute approximate surface area is 187 Å². The summed E-state index contributed by atoms with van der Waals surface area (Å²) in [6, 6.07) is 13.0. The SMILES string of the molecule is C[C@H](C(=O)NC(C)(C)C)N(Cc1ccccc1F)C(=O)CCSc1ccc(Cl)cc1. The van der Waals surface area contributed by atoms with Gasteiger partial charge in [-0.25, -0.2) is 4.39 Å². The van der Waals surface area contributed by atoms with Crippen LogP contribution in [0.15, 0.2) is 53.4 Å². The molecule has 1 N–H and O–H groups in total. The van der Waals surface area contributed by atoms with E-state index < -0.39 is 17.4 Å². The molecule has 0 radical (unpaired) electrons. The number of amides is 2. The molecule has 0 aliphatic rings. The van der Waals surface area contributed by atoms with Gasteiger partial charge in [0.05, 0.1) is 0 Å². The molecule has 1 atom stereocenters. The van der Waals surface area contributed by atoms with Crippen LogP contribution in [0.5, 0.6) is 0 Å². The molecule has 0 heterocycles. The van der Waals surface area contributed by atoms with Crippen molar-refractivity contribution in [2.24, 2.45) is 0 Å². The van der Waals surface area contributed by atoms with Gasteiger partial charge in [0.25, 0.3) is 0 Å². The summed E-state index contributed by atoms with van der Waals surface area (Å²) in [4.78, 5) is 28.1. The van der Waals surface area contributed by atoms with Crippen LogP contribution in [0.25, 0.3) is 0 Å². The van der Waals surface area contributed by atoms with Crippen molar-refractivity contribution in [3.05, 3.63) is 64.9 Å². The highest BCUT2D eigenvalue weighted by atomic mass is 35.5. The maximum Gasteiger partial charge on any atom is 0.242 e. The van der Waals surface area contributed by atoms with Crippen molar-refractivity contribution in [1.29, 1.82) is 0 Å². The fourth-order valence-electron chi connectivity index (χ4n) is 2.80. The van der Waals surface area contributed by atoms with Gasteiger partial charge in [0.15, 0.2) is 0 Å². The normalized spacial score (nSPS) is 12.3. The van der Waals surface area contributed by atoms with Gasteiger partial charge in [-0.1, -0.05) is 29.8 Å². The minimum absolute atomic E-state index is 0.0375. The van der Waals surface area contributed by atoms with Gasteiger partial charge in [0.1, 0.15) is 11.9 Å². The molecule has 0 bridgehead atoms. The molecule has 2 aromatic carbocycles. The van der Waals surface area contributed by atoms with Crippen molar-refractivity contribution in [2.45, 2.75) is 57.1 Å². The van der Waals surface area contributed by atoms with E-state index in [0.29, 0.717) is 16.3 Å². The second-order valence-corrected chi connectivity index (χ2v) is 9.69. The molecule has 4 nitrogen and oxygen atoms in total. The number of nitrogens with zero attached hydrogens (tertiary/aromatic N) is 1. The molecule has 0 aliphatic carbocycles. The topological polar surface area (TPSA) is 49.4 Å². The van der Waals surface area contributed by atoms with E-state index in [-0.39, 0.29) is 24.8 Å². The summed E-state index contributed by atoms with van der Waals surface area (Å²) in [5.74, 6) is -0.315. The molecule has 0 spiro atoms. The van der Waals surface area contributed by atoms with Gasteiger partial charge < -0.3 is 10.2 Å². The average Bonchev–Trinajstić information content (AvgIpc) is 2.67. The third-order valence-electron chi connectivity index (χ3n) is 4.36. The summed E-state index contributed by atoms with van der Waals surface area (Å²) in [5.41, 5.74) is -0.0470. The Morgan fingerprint density at radius 3 is 2.37 bits per heavy atom. The first kappa shape index (κ1) is 24.2. The number of benzene rings is 2. The Bertz CT molecular complexity index is 868. The van der Waals surface area contributed by atoms with E-state index >= 15 is 0 Å². The number of thioether (sulfide) groups is 1. The number of carbonyl (C=O) groups is 2. The fourth-order valence-corrected chi connectivity index (χ4v) is 3.76. The van der Waals surface area contributed by atoms with Crippen molar-refractivity contribution in [1.82, 2.24) is 10.2 Å². The lowest BCUT2D eigenvalue weighted by Gasteiger charge is -2.31. The first-order chi connectivity index (χ1) is 14.1. The van der Waals surface area contributed by atoms with E-state index in [1.165, 1.54) is 22.7 Å². The predicted molar refractivity (Wildman–Crippen MR) is 121 cm³/mol. The van der Waals surface area contributed by atoms with Gasteiger partial charge >= 0.3 is 0 Å². The van der Waals surface area contributed by atoms with Gasteiger partial charge in [-0.05, 0) is 58.0 Å². The third-order valence-corrected chi connectivity index (χ3v) is 5.63. The number of hydrogen-bond donors (Lipinski definition) is 1. The fraction of sp³-hybridized carbons (Fsp3) is 0.391. The zero-order valence-electron chi connectivity index (χ0n) is 17.7. The van der Waals surface area contributed by atoms with Crippen LogP contribution < -0.4 is 5.32 Å². The lowest BCUT2D eigenvalue weighted by molar-refractivity contribution is -0.141. The lowest BCUT2D eigenvalue weighted by Crippen LogP contribution is -2.52. The van der Waals surface area contributed by atoms with Crippen molar-refractivity contribution in [2.75, 3.05) is 5.75 Å². The average molecular weight is 451 g/mol. The van der Waals surface area contributed by atoms with Crippen LogP contribution in [0.4, 0.5) is 4.39 Å². The van der Waals surface area contributed by atoms with Crippen LogP contribution in [-0.2, 0) is 16.1 Å². The molecule has 0 aliphatic heterocycles. The van der Waals surface area contributed by atoms with Gasteiger partial charge in [-0.2, -0.15) is 0 Å². The van der Waals surface area contributed by atoms with Crippen LogP contribution in [-0.4, -0.2) is 34.0 Å². The molecule has 2 rings (SSSR count). The molecule has 0 aromatic heterocycles. The largest absolute Gasteiger partial charge is 0.350 e. The second-order valence-electron chi connectivity index (χ2n) is 8.08. The van der Waals surface area contributed by atoms with Crippen LogP contribution in [0.1, 0.15) is 39.7 Å². The summed E-state index contributed by atoms with van der Waals surface area (Å²) >= 11 is 7.43. The molecule has 0 unspecified atom stereocenters. The van der Waals surface area contributed by atoms with Crippen molar-refractivity contribution in [3.63, 3.8) is 0 Å². The van der Waals surface area contributed by atoms with E-state index in [1.54, 1.807) is 37.3 Å². The molecule has 0 saturated heterocycles. The molecule has 0 fully saturated rings. The number of halogens is 2. The highest BCUT2D eigenvalue weighted by Crippen LogP contribution is 2.22. The summed E-state index contributed by atoms with van der Waals surface area (Å²) in [6.07, 6.45) is 0.231. The molecule has 2 amide bonds. The number of carbonyl (C=O) groups excluding carboxylic acids is 2. The minimum atomic E-state index is -0.725. The van der Waals surface area contributed by atoms with E-state index in [0.717, 1.165) is 4.90 Å². The summed E-state index contributed by atoms with van der Waals surface area (Å²) in [6.45, 7) is 7.35. The highest BCUT2D eigenvalue weighted by molar-refractivity contribution is 7.99. The standard InChI is InChI=1S/C23H28ClFN2O2S/c1-16(22(29)26-23(2,3)4)27(15-17-7-5-6-8-20(17)25)21(28)13-14-30-19-11-9-18(24)10-12-19/h5-12,16H,13-15H2,1-4H3,(H,26,29)/t16-/m1/s1. The van der Waals surface area contributed by atoms with Gasteiger partial charge in [0, 0.05) is 39.7 Å². The Balaban J connectivity index is 2.10. The van der Waals surface area contributed by atoms with Crippen molar-refractivity contribution < 1.29 is 14.0 Å². The van der Waals surface area contributed by atoms with Crippen molar-refractivity contribution >= 4 is 35.2 Å². The maximum absolute atomic E-state index is 14.2. The Kier molecular flexibility index (Phi) is 8.74. The van der Waals surface area contributed by atoms with E-state index in [4.69, 9.17) is 11.6 Å². The van der Waals surface area contributed by atoms with Crippen LogP contribution in [0.2, 0.25) is 5.02 Å². The summed E-state index contributed by atoms with van der Waals surface area (Å²) < 4.78 is 14.2. The summed E-state index contributed by atoms with van der Waals surface area (Å²) in [7, 11) is 0. The second kappa shape index (κ2) is 10.8. The molecule has 2 aromatic rings. The van der Waals surface area contributed by atoms with Gasteiger partial charge in [-0.3, -0.25) is 9.59 Å². The highest BCUT2D eigenvalue weighted by Gasteiger charge is 2.28. The van der Waals surface area contributed by atoms with E-state index in [2.05, 4.69) is 5.32 Å². The van der Waals surface area contributed by atoms with Gasteiger partial charge in [-0.15, -0.1) is 11.8 Å². The van der Waals surface area contributed by atoms with Crippen LogP contribution in [0.3, 0.4) is 0 Å². The first-order valence-corrected chi connectivity index (χ1v) is 11.2. The quantitative estimate of drug-likeness (QED) is 0.555.